The van der Waals surface area contributed by atoms with Crippen LogP contribution in [0.5, 0.6) is 0 Å². The molecule has 106 valence electrons. The minimum Gasteiger partial charge on any atom is -0.444 e. The number of hydrogen-bond acceptors (Lipinski definition) is 4. The molecule has 3 atom stereocenters. The fourth-order valence-electron chi connectivity index (χ4n) is 3.62. The molecule has 0 saturated heterocycles. The molecular formula is C15H24N2O2. The molecule has 1 N–H and O–H groups in total. The van der Waals surface area contributed by atoms with Crippen molar-refractivity contribution in [3.05, 3.63) is 17.8 Å². The molecule has 4 heteroatoms. The van der Waals surface area contributed by atoms with E-state index in [-0.39, 0.29) is 6.04 Å². The van der Waals surface area contributed by atoms with Gasteiger partial charge in [0, 0.05) is 18.1 Å². The number of nitrogens with one attached hydrogen (secondary N) is 1. The van der Waals surface area contributed by atoms with Crippen LogP contribution in [-0.2, 0) is 4.74 Å². The summed E-state index contributed by atoms with van der Waals surface area (Å²) in [6.45, 7) is 6.98. The number of nitrogens with zero attached hydrogens (tertiary/aromatic N) is 1. The van der Waals surface area contributed by atoms with Gasteiger partial charge in [-0.1, -0.05) is 6.42 Å². The van der Waals surface area contributed by atoms with Crippen LogP contribution in [0.15, 0.2) is 10.6 Å². The average Bonchev–Trinajstić information content (AvgIpc) is 2.72. The number of rotatable bonds is 5. The van der Waals surface area contributed by atoms with Crippen LogP contribution in [0, 0.1) is 12.3 Å². The third-order valence-electron chi connectivity index (χ3n) is 4.90. The fourth-order valence-corrected chi connectivity index (χ4v) is 3.62. The van der Waals surface area contributed by atoms with E-state index in [1.807, 2.05) is 6.92 Å². The molecule has 0 aromatic carbocycles. The lowest BCUT2D eigenvalue weighted by atomic mass is 9.51. The lowest BCUT2D eigenvalue weighted by molar-refractivity contribution is -0.175. The van der Waals surface area contributed by atoms with E-state index in [4.69, 9.17) is 9.15 Å². The average molecular weight is 264 g/mol. The predicted octanol–water partition coefficient (Wildman–Crippen LogP) is 2.98. The number of ether oxygens (including phenoxy) is 1. The minimum absolute atomic E-state index is 0.179. The monoisotopic (exact) mass is 264 g/mol. The van der Waals surface area contributed by atoms with Gasteiger partial charge in [0.25, 0.3) is 0 Å². The Morgan fingerprint density at radius 1 is 1.58 bits per heavy atom. The van der Waals surface area contributed by atoms with E-state index in [9.17, 15) is 0 Å². The topological polar surface area (TPSA) is 47.3 Å². The second-order valence-corrected chi connectivity index (χ2v) is 6.02. The van der Waals surface area contributed by atoms with Crippen LogP contribution in [0.25, 0.3) is 0 Å². The molecule has 4 nitrogen and oxygen atoms in total. The van der Waals surface area contributed by atoms with Crippen molar-refractivity contribution in [2.75, 3.05) is 6.61 Å². The molecule has 2 aliphatic rings. The Morgan fingerprint density at radius 2 is 2.37 bits per heavy atom. The zero-order valence-corrected chi connectivity index (χ0v) is 12.1. The Bertz CT molecular complexity index is 439. The van der Waals surface area contributed by atoms with Crippen LogP contribution in [-0.4, -0.2) is 23.7 Å². The van der Waals surface area contributed by atoms with E-state index < -0.39 is 0 Å². The maximum atomic E-state index is 5.88. The van der Waals surface area contributed by atoms with Gasteiger partial charge >= 0.3 is 0 Å². The number of hydrogen-bond donors (Lipinski definition) is 1. The Labute approximate surface area is 114 Å². The second kappa shape index (κ2) is 4.91. The molecule has 19 heavy (non-hydrogen) atoms. The highest BCUT2D eigenvalue weighted by molar-refractivity contribution is 5.13. The van der Waals surface area contributed by atoms with Gasteiger partial charge in [-0.15, -0.1) is 0 Å². The highest BCUT2D eigenvalue weighted by Gasteiger charge is 2.59. The van der Waals surface area contributed by atoms with E-state index >= 15 is 0 Å². The van der Waals surface area contributed by atoms with Gasteiger partial charge in [0.1, 0.15) is 5.76 Å². The molecule has 3 rings (SSSR count). The van der Waals surface area contributed by atoms with Crippen LogP contribution >= 0.6 is 0 Å². The Morgan fingerprint density at radius 3 is 2.89 bits per heavy atom. The molecule has 2 saturated carbocycles. The van der Waals surface area contributed by atoms with E-state index in [0.29, 0.717) is 17.6 Å². The maximum absolute atomic E-state index is 5.88. The number of aromatic nitrogens is 1. The van der Waals surface area contributed by atoms with E-state index in [1.54, 1.807) is 6.20 Å². The van der Waals surface area contributed by atoms with Crippen molar-refractivity contribution in [3.8, 4) is 0 Å². The van der Waals surface area contributed by atoms with Gasteiger partial charge in [0.15, 0.2) is 0 Å². The Hall–Kier alpha value is -0.870. The largest absolute Gasteiger partial charge is 0.444 e. The molecular weight excluding hydrogens is 240 g/mol. The smallest absolute Gasteiger partial charge is 0.211 e. The third-order valence-corrected chi connectivity index (χ3v) is 4.90. The van der Waals surface area contributed by atoms with Crippen LogP contribution < -0.4 is 5.32 Å². The maximum Gasteiger partial charge on any atom is 0.211 e. The molecule has 2 aliphatic carbocycles. The molecule has 0 bridgehead atoms. The summed E-state index contributed by atoms with van der Waals surface area (Å²) in [6.07, 6.45) is 7.31. The molecule has 1 spiro atoms. The molecule has 1 heterocycles. The lowest BCUT2D eigenvalue weighted by Crippen LogP contribution is -2.67. The molecule has 2 fully saturated rings. The summed E-state index contributed by atoms with van der Waals surface area (Å²) in [5.74, 6) is 1.68. The molecule has 1 aromatic rings. The zero-order valence-electron chi connectivity index (χ0n) is 12.1. The summed E-state index contributed by atoms with van der Waals surface area (Å²) in [4.78, 5) is 4.31. The highest BCUT2D eigenvalue weighted by Crippen LogP contribution is 2.57. The van der Waals surface area contributed by atoms with Crippen molar-refractivity contribution >= 4 is 0 Å². The molecule has 0 amide bonds. The summed E-state index contributed by atoms with van der Waals surface area (Å²) in [5, 5.41) is 3.69. The van der Waals surface area contributed by atoms with Crippen molar-refractivity contribution in [1.82, 2.24) is 10.3 Å². The van der Waals surface area contributed by atoms with E-state index in [1.165, 1.54) is 19.3 Å². The van der Waals surface area contributed by atoms with Gasteiger partial charge < -0.3 is 14.5 Å². The van der Waals surface area contributed by atoms with Crippen molar-refractivity contribution in [2.24, 2.45) is 5.41 Å². The van der Waals surface area contributed by atoms with Crippen molar-refractivity contribution in [3.63, 3.8) is 0 Å². The molecule has 0 aliphatic heterocycles. The van der Waals surface area contributed by atoms with Gasteiger partial charge in [0.05, 0.1) is 18.3 Å². The summed E-state index contributed by atoms with van der Waals surface area (Å²) in [6, 6.07) is 0.735. The second-order valence-electron chi connectivity index (χ2n) is 6.02. The first-order valence-electron chi connectivity index (χ1n) is 7.45. The zero-order chi connectivity index (χ0) is 13.5. The predicted molar refractivity (Wildman–Crippen MR) is 72.9 cm³/mol. The Balaban J connectivity index is 1.62. The molecule has 0 radical (unpaired) electrons. The van der Waals surface area contributed by atoms with Crippen LogP contribution in [0.2, 0.25) is 0 Å². The standard InChI is InChI=1S/C15H24N2O2/c1-4-18-13-8-12(15(13)6-5-7-15)17-11(3)14-16-9-10(2)19-14/h9,11-13,17H,4-8H2,1-3H3. The summed E-state index contributed by atoms with van der Waals surface area (Å²) in [5.41, 5.74) is 0.395. The normalized spacial score (nSPS) is 29.8. The van der Waals surface area contributed by atoms with Crippen molar-refractivity contribution in [2.45, 2.75) is 64.6 Å². The summed E-state index contributed by atoms with van der Waals surface area (Å²) >= 11 is 0. The third kappa shape index (κ3) is 2.11. The van der Waals surface area contributed by atoms with Gasteiger partial charge in [-0.05, 0) is 40.0 Å². The minimum atomic E-state index is 0.179. The highest BCUT2D eigenvalue weighted by atomic mass is 16.5. The van der Waals surface area contributed by atoms with Crippen LogP contribution in [0.3, 0.4) is 0 Å². The molecule has 3 unspecified atom stereocenters. The molecule has 1 aromatic heterocycles. The SMILES string of the molecule is CCOC1CC(NC(C)c2ncc(C)o2)C12CCC2. The van der Waals surface area contributed by atoms with Gasteiger partial charge in [-0.25, -0.2) is 4.98 Å². The van der Waals surface area contributed by atoms with Crippen molar-refractivity contribution < 1.29 is 9.15 Å². The Kier molecular flexibility index (Phi) is 3.39. The fraction of sp³-hybridized carbons (Fsp3) is 0.800. The van der Waals surface area contributed by atoms with Gasteiger partial charge in [-0.3, -0.25) is 0 Å². The van der Waals surface area contributed by atoms with E-state index in [0.717, 1.165) is 24.7 Å². The van der Waals surface area contributed by atoms with Crippen LogP contribution in [0.4, 0.5) is 0 Å². The summed E-state index contributed by atoms with van der Waals surface area (Å²) in [7, 11) is 0. The van der Waals surface area contributed by atoms with Crippen molar-refractivity contribution in [1.29, 1.82) is 0 Å². The van der Waals surface area contributed by atoms with Crippen LogP contribution in [0.1, 0.15) is 57.2 Å². The first-order chi connectivity index (χ1) is 9.15. The van der Waals surface area contributed by atoms with E-state index in [2.05, 4.69) is 24.1 Å². The quantitative estimate of drug-likeness (QED) is 0.888. The van der Waals surface area contributed by atoms with Gasteiger partial charge in [0.2, 0.25) is 5.89 Å². The van der Waals surface area contributed by atoms with Gasteiger partial charge in [-0.2, -0.15) is 0 Å². The summed E-state index contributed by atoms with van der Waals surface area (Å²) < 4.78 is 11.5. The first kappa shape index (κ1) is 13.1. The first-order valence-corrected chi connectivity index (χ1v) is 7.45. The number of aryl methyl sites for hydroxylation is 1. The lowest BCUT2D eigenvalue weighted by Gasteiger charge is -2.61. The number of oxazole rings is 1.